The first-order valence-corrected chi connectivity index (χ1v) is 12.4. The average molecular weight is 500 g/mol. The third-order valence-electron chi connectivity index (χ3n) is 4.66. The van der Waals surface area contributed by atoms with Crippen LogP contribution in [0.5, 0.6) is 0 Å². The Labute approximate surface area is 204 Å². The quantitative estimate of drug-likeness (QED) is 0.272. The maximum Gasteiger partial charge on any atom is 0.305 e. The molecule has 0 saturated heterocycles. The number of esters is 1. The fourth-order valence-corrected chi connectivity index (χ4v) is 5.11. The number of nitrogens with one attached hydrogen (secondary N) is 1. The number of benzene rings is 1. The Hall–Kier alpha value is -1.68. The van der Waals surface area contributed by atoms with Crippen LogP contribution in [0.4, 0.5) is 5.69 Å². The molecule has 0 spiro atoms. The number of thioether (sulfide) groups is 2. The number of aliphatic imine (C=N–C) groups is 1. The first-order valence-electron chi connectivity index (χ1n) is 10.6. The topological polar surface area (TPSA) is 80.2 Å². The van der Waals surface area contributed by atoms with Gasteiger partial charge in [0.25, 0.3) is 5.91 Å². The second-order valence-corrected chi connectivity index (χ2v) is 9.07. The number of carbonyl (C=O) groups excluding carboxylic acids is 2. The van der Waals surface area contributed by atoms with E-state index in [0.717, 1.165) is 53.1 Å². The summed E-state index contributed by atoms with van der Waals surface area (Å²) in [6.45, 7) is 6.86. The monoisotopic (exact) mass is 499 g/mol. The number of rotatable bonds is 11. The number of hydrogen-bond acceptors (Lipinski definition) is 8. The number of halogens is 1. The molecular weight excluding hydrogens is 470 g/mol. The van der Waals surface area contributed by atoms with Crippen molar-refractivity contribution in [2.75, 3.05) is 44.0 Å². The fourth-order valence-electron chi connectivity index (χ4n) is 3.18. The van der Waals surface area contributed by atoms with Gasteiger partial charge in [0.1, 0.15) is 4.91 Å². The highest BCUT2D eigenvalue weighted by molar-refractivity contribution is 8.18. The van der Waals surface area contributed by atoms with E-state index in [1.165, 1.54) is 11.8 Å². The number of hydrogen-bond donors (Lipinski definition) is 1. The van der Waals surface area contributed by atoms with Crippen LogP contribution >= 0.6 is 35.9 Å². The van der Waals surface area contributed by atoms with Crippen LogP contribution in [0.15, 0.2) is 44.8 Å². The zero-order chi connectivity index (χ0) is 22.1. The predicted octanol–water partition coefficient (Wildman–Crippen LogP) is 4.54. The van der Waals surface area contributed by atoms with Gasteiger partial charge in [-0.05, 0) is 68.5 Å². The molecular formula is C22H30ClN3O4S2. The molecule has 0 unspecified atom stereocenters. The Morgan fingerprint density at radius 2 is 2.00 bits per heavy atom. The summed E-state index contributed by atoms with van der Waals surface area (Å²) in [7, 11) is 0. The SMILES string of the molecule is CCOCC1=C(C(=O)Nc2ccc(SCCCC(=O)OCC)cc2)SC2=NCCCN21.Cl. The Kier molecular flexibility index (Phi) is 11.4. The molecule has 176 valence electrons. The summed E-state index contributed by atoms with van der Waals surface area (Å²) < 4.78 is 10.5. The van der Waals surface area contributed by atoms with Gasteiger partial charge in [-0.25, -0.2) is 0 Å². The van der Waals surface area contributed by atoms with Crippen LogP contribution in [-0.2, 0) is 19.1 Å². The first-order chi connectivity index (χ1) is 15.1. The molecule has 2 aliphatic rings. The summed E-state index contributed by atoms with van der Waals surface area (Å²) in [6.07, 6.45) is 2.19. The van der Waals surface area contributed by atoms with Crippen molar-refractivity contribution in [1.29, 1.82) is 0 Å². The van der Waals surface area contributed by atoms with Crippen LogP contribution < -0.4 is 5.32 Å². The standard InChI is InChI=1S/C22H29N3O4S2.ClH/c1-3-28-15-18-20(31-22-23-12-6-13-25(18)22)21(27)24-16-8-10-17(11-9-16)30-14-5-7-19(26)29-4-2;/h8-11H,3-7,12-15H2,1-2H3,(H,24,27);1H. The van der Waals surface area contributed by atoms with Gasteiger partial charge in [0.15, 0.2) is 5.17 Å². The number of nitrogens with zero attached hydrogens (tertiary/aromatic N) is 2. The number of fused-ring (bicyclic) bond motifs is 1. The normalized spacial score (nSPS) is 15.1. The van der Waals surface area contributed by atoms with Gasteiger partial charge in [0.2, 0.25) is 0 Å². The van der Waals surface area contributed by atoms with Crippen molar-refractivity contribution in [3.63, 3.8) is 0 Å². The van der Waals surface area contributed by atoms with Crippen LogP contribution in [0.3, 0.4) is 0 Å². The van der Waals surface area contributed by atoms with Crippen molar-refractivity contribution in [3.8, 4) is 0 Å². The van der Waals surface area contributed by atoms with Gasteiger partial charge in [0, 0.05) is 36.7 Å². The maximum atomic E-state index is 13.0. The van der Waals surface area contributed by atoms with E-state index in [1.54, 1.807) is 11.8 Å². The lowest BCUT2D eigenvalue weighted by atomic mass is 10.2. The summed E-state index contributed by atoms with van der Waals surface area (Å²) in [4.78, 5) is 32.8. The molecule has 7 nitrogen and oxygen atoms in total. The molecule has 0 bridgehead atoms. The molecule has 2 aliphatic heterocycles. The minimum atomic E-state index is -0.147. The molecule has 1 N–H and O–H groups in total. The van der Waals surface area contributed by atoms with E-state index in [2.05, 4.69) is 15.2 Å². The minimum Gasteiger partial charge on any atom is -0.466 e. The van der Waals surface area contributed by atoms with Gasteiger partial charge in [-0.1, -0.05) is 0 Å². The van der Waals surface area contributed by atoms with Crippen molar-refractivity contribution in [3.05, 3.63) is 34.9 Å². The Bertz CT molecular complexity index is 846. The third-order valence-corrected chi connectivity index (χ3v) is 6.92. The number of anilines is 1. The highest BCUT2D eigenvalue weighted by atomic mass is 35.5. The number of ether oxygens (including phenoxy) is 2. The Morgan fingerprint density at radius 1 is 1.22 bits per heavy atom. The number of amides is 1. The van der Waals surface area contributed by atoms with E-state index < -0.39 is 0 Å². The lowest BCUT2D eigenvalue weighted by molar-refractivity contribution is -0.143. The minimum absolute atomic E-state index is 0. The zero-order valence-corrected chi connectivity index (χ0v) is 20.9. The van der Waals surface area contributed by atoms with Crippen molar-refractivity contribution < 1.29 is 19.1 Å². The van der Waals surface area contributed by atoms with E-state index in [4.69, 9.17) is 9.47 Å². The van der Waals surface area contributed by atoms with Gasteiger partial charge in [-0.2, -0.15) is 0 Å². The molecule has 0 atom stereocenters. The van der Waals surface area contributed by atoms with Gasteiger partial charge in [-0.3, -0.25) is 14.6 Å². The molecule has 1 aromatic rings. The Morgan fingerprint density at radius 3 is 2.72 bits per heavy atom. The van der Waals surface area contributed by atoms with E-state index in [-0.39, 0.29) is 24.3 Å². The van der Waals surface area contributed by atoms with Crippen molar-refractivity contribution >= 4 is 58.7 Å². The van der Waals surface area contributed by atoms with Crippen molar-refractivity contribution in [2.45, 2.75) is 38.0 Å². The molecule has 1 amide bonds. The van der Waals surface area contributed by atoms with Crippen molar-refractivity contribution in [1.82, 2.24) is 4.90 Å². The van der Waals surface area contributed by atoms with Gasteiger partial charge < -0.3 is 19.7 Å². The lowest BCUT2D eigenvalue weighted by Gasteiger charge is -2.25. The van der Waals surface area contributed by atoms with Gasteiger partial charge in [0.05, 0.1) is 18.9 Å². The smallest absolute Gasteiger partial charge is 0.305 e. The molecule has 0 radical (unpaired) electrons. The van der Waals surface area contributed by atoms with Gasteiger partial charge >= 0.3 is 5.97 Å². The summed E-state index contributed by atoms with van der Waals surface area (Å²) in [5, 5.41) is 3.89. The van der Waals surface area contributed by atoms with Crippen LogP contribution in [-0.4, -0.2) is 60.6 Å². The molecule has 10 heteroatoms. The van der Waals surface area contributed by atoms with E-state index in [1.807, 2.05) is 38.1 Å². The molecule has 0 aliphatic carbocycles. The molecule has 0 aromatic heterocycles. The molecule has 0 saturated carbocycles. The molecule has 0 fully saturated rings. The van der Waals surface area contributed by atoms with Crippen LogP contribution in [0, 0.1) is 0 Å². The van der Waals surface area contributed by atoms with Crippen molar-refractivity contribution in [2.24, 2.45) is 4.99 Å². The Balaban J connectivity index is 0.00000363. The van der Waals surface area contributed by atoms with E-state index >= 15 is 0 Å². The summed E-state index contributed by atoms with van der Waals surface area (Å²) >= 11 is 3.11. The van der Waals surface area contributed by atoms with Crippen LogP contribution in [0.2, 0.25) is 0 Å². The maximum absolute atomic E-state index is 13.0. The predicted molar refractivity (Wildman–Crippen MR) is 134 cm³/mol. The third kappa shape index (κ3) is 7.43. The number of carbonyl (C=O) groups is 2. The summed E-state index contributed by atoms with van der Waals surface area (Å²) in [6, 6.07) is 7.77. The largest absolute Gasteiger partial charge is 0.466 e. The highest BCUT2D eigenvalue weighted by Gasteiger charge is 2.34. The lowest BCUT2D eigenvalue weighted by Crippen LogP contribution is -2.31. The second-order valence-electron chi connectivity index (χ2n) is 6.92. The van der Waals surface area contributed by atoms with Gasteiger partial charge in [-0.15, -0.1) is 24.2 Å². The van der Waals surface area contributed by atoms with E-state index in [9.17, 15) is 9.59 Å². The molecule has 1 aromatic carbocycles. The van der Waals surface area contributed by atoms with E-state index in [0.29, 0.717) is 31.1 Å². The van der Waals surface area contributed by atoms with Crippen LogP contribution in [0.1, 0.15) is 33.1 Å². The number of amidine groups is 1. The second kappa shape index (κ2) is 13.8. The highest BCUT2D eigenvalue weighted by Crippen LogP contribution is 2.37. The fraction of sp³-hybridized carbons (Fsp3) is 0.500. The molecule has 3 rings (SSSR count). The summed E-state index contributed by atoms with van der Waals surface area (Å²) in [5.41, 5.74) is 1.65. The zero-order valence-electron chi connectivity index (χ0n) is 18.4. The first kappa shape index (κ1) is 26.6. The van der Waals surface area contributed by atoms with Crippen LogP contribution in [0.25, 0.3) is 0 Å². The molecule has 2 heterocycles. The summed E-state index contributed by atoms with van der Waals surface area (Å²) in [5.74, 6) is 0.560. The molecule has 32 heavy (non-hydrogen) atoms. The average Bonchev–Trinajstić information content (AvgIpc) is 3.15.